The van der Waals surface area contributed by atoms with Crippen molar-refractivity contribution in [3.05, 3.63) is 77.3 Å². The Morgan fingerprint density at radius 3 is 2.70 bits per heavy atom. The molecule has 0 spiro atoms. The van der Waals surface area contributed by atoms with Crippen LogP contribution in [0.25, 0.3) is 10.2 Å². The normalized spacial score (nSPS) is 12.1. The topological polar surface area (TPSA) is 78.3 Å². The molecule has 0 saturated carbocycles. The second kappa shape index (κ2) is 9.06. The molecule has 154 valence electrons. The van der Waals surface area contributed by atoms with Gasteiger partial charge in [0, 0.05) is 19.4 Å². The highest BCUT2D eigenvalue weighted by Gasteiger charge is 2.21. The van der Waals surface area contributed by atoms with Crippen LogP contribution in [0.4, 0.5) is 0 Å². The predicted molar refractivity (Wildman–Crippen MR) is 115 cm³/mol. The zero-order valence-electron chi connectivity index (χ0n) is 16.7. The number of para-hydroxylation sites is 1. The lowest BCUT2D eigenvalue weighted by Crippen LogP contribution is -2.33. The van der Waals surface area contributed by atoms with Gasteiger partial charge in [-0.3, -0.25) is 4.79 Å². The lowest BCUT2D eigenvalue weighted by Gasteiger charge is -2.19. The number of amides is 1. The minimum Gasteiger partial charge on any atom is -0.497 e. The van der Waals surface area contributed by atoms with Crippen molar-refractivity contribution in [1.29, 1.82) is 0 Å². The van der Waals surface area contributed by atoms with Crippen LogP contribution < -0.4 is 10.1 Å². The molecule has 0 aliphatic rings. The Labute approximate surface area is 178 Å². The summed E-state index contributed by atoms with van der Waals surface area (Å²) in [4.78, 5) is 21.5. The molecule has 0 bridgehead atoms. The van der Waals surface area contributed by atoms with E-state index in [-0.39, 0.29) is 12.5 Å². The van der Waals surface area contributed by atoms with Crippen LogP contribution in [0.3, 0.4) is 0 Å². The van der Waals surface area contributed by atoms with E-state index in [0.717, 1.165) is 32.4 Å². The van der Waals surface area contributed by atoms with Gasteiger partial charge >= 0.3 is 0 Å². The number of nitrogens with zero attached hydrogens (tertiary/aromatic N) is 3. The molecule has 0 aliphatic carbocycles. The average Bonchev–Trinajstić information content (AvgIpc) is 3.37. The SMILES string of the molecule is COc1ccc(C(NC(=O)COCc2nc3ccccc3s2)c2nccn2C)cc1. The summed E-state index contributed by atoms with van der Waals surface area (Å²) in [6.07, 6.45) is 3.56. The van der Waals surface area contributed by atoms with E-state index in [1.54, 1.807) is 24.6 Å². The van der Waals surface area contributed by atoms with Crippen LogP contribution in [0, 0.1) is 0 Å². The van der Waals surface area contributed by atoms with Crippen molar-refractivity contribution in [2.24, 2.45) is 7.05 Å². The van der Waals surface area contributed by atoms with Gasteiger partial charge in [0.05, 0.1) is 23.9 Å². The number of fused-ring (bicyclic) bond motifs is 1. The number of methoxy groups -OCH3 is 1. The number of hydrogen-bond acceptors (Lipinski definition) is 6. The van der Waals surface area contributed by atoms with E-state index in [2.05, 4.69) is 15.3 Å². The number of carbonyl (C=O) groups excluding carboxylic acids is 1. The number of nitrogens with one attached hydrogen (secondary N) is 1. The number of rotatable bonds is 8. The lowest BCUT2D eigenvalue weighted by atomic mass is 10.1. The maximum atomic E-state index is 12.6. The van der Waals surface area contributed by atoms with E-state index in [1.165, 1.54) is 0 Å². The molecule has 8 heteroatoms. The molecule has 2 aromatic heterocycles. The first-order valence-electron chi connectivity index (χ1n) is 9.47. The highest BCUT2D eigenvalue weighted by molar-refractivity contribution is 7.18. The van der Waals surface area contributed by atoms with E-state index in [1.807, 2.05) is 66.3 Å². The van der Waals surface area contributed by atoms with Gasteiger partial charge in [0.1, 0.15) is 29.2 Å². The van der Waals surface area contributed by atoms with Gasteiger partial charge in [0.25, 0.3) is 0 Å². The van der Waals surface area contributed by atoms with Gasteiger partial charge in [-0.05, 0) is 29.8 Å². The number of aromatic nitrogens is 3. The summed E-state index contributed by atoms with van der Waals surface area (Å²) in [5.41, 5.74) is 1.85. The van der Waals surface area contributed by atoms with Crippen LogP contribution in [-0.4, -0.2) is 34.2 Å². The number of carbonyl (C=O) groups is 1. The van der Waals surface area contributed by atoms with Crippen molar-refractivity contribution in [1.82, 2.24) is 19.9 Å². The number of ether oxygens (including phenoxy) is 2. The molecule has 0 fully saturated rings. The predicted octanol–water partition coefficient (Wildman–Crippen LogP) is 3.46. The summed E-state index contributed by atoms with van der Waals surface area (Å²) < 4.78 is 13.8. The number of thiazole rings is 1. The van der Waals surface area contributed by atoms with Crippen molar-refractivity contribution < 1.29 is 14.3 Å². The van der Waals surface area contributed by atoms with Gasteiger partial charge < -0.3 is 19.4 Å². The highest BCUT2D eigenvalue weighted by Crippen LogP contribution is 2.24. The van der Waals surface area contributed by atoms with Gasteiger partial charge in [0.15, 0.2) is 0 Å². The molecule has 1 unspecified atom stereocenters. The highest BCUT2D eigenvalue weighted by atomic mass is 32.1. The molecule has 0 radical (unpaired) electrons. The maximum Gasteiger partial charge on any atom is 0.246 e. The molecule has 4 aromatic rings. The van der Waals surface area contributed by atoms with Gasteiger partial charge in [0.2, 0.25) is 5.91 Å². The van der Waals surface area contributed by atoms with Gasteiger partial charge in [-0.2, -0.15) is 0 Å². The van der Waals surface area contributed by atoms with Crippen molar-refractivity contribution in [3.63, 3.8) is 0 Å². The molecule has 0 aliphatic heterocycles. The molecule has 7 nitrogen and oxygen atoms in total. The molecule has 2 heterocycles. The minimum absolute atomic E-state index is 0.0625. The Kier molecular flexibility index (Phi) is 6.06. The third kappa shape index (κ3) is 4.50. The zero-order valence-corrected chi connectivity index (χ0v) is 17.6. The van der Waals surface area contributed by atoms with E-state index in [0.29, 0.717) is 6.61 Å². The van der Waals surface area contributed by atoms with E-state index in [4.69, 9.17) is 9.47 Å². The smallest absolute Gasteiger partial charge is 0.246 e. The molecule has 1 amide bonds. The molecular formula is C22H22N4O3S. The number of aryl methyl sites for hydroxylation is 1. The van der Waals surface area contributed by atoms with Gasteiger partial charge in [-0.25, -0.2) is 9.97 Å². The zero-order chi connectivity index (χ0) is 20.9. The van der Waals surface area contributed by atoms with Crippen molar-refractivity contribution in [3.8, 4) is 5.75 Å². The van der Waals surface area contributed by atoms with Gasteiger partial charge in [-0.1, -0.05) is 24.3 Å². The van der Waals surface area contributed by atoms with Crippen LogP contribution >= 0.6 is 11.3 Å². The summed E-state index contributed by atoms with van der Waals surface area (Å²) in [6.45, 7) is 0.232. The van der Waals surface area contributed by atoms with Crippen molar-refractivity contribution >= 4 is 27.5 Å². The van der Waals surface area contributed by atoms with Crippen molar-refractivity contribution in [2.45, 2.75) is 12.6 Å². The summed E-state index contributed by atoms with van der Waals surface area (Å²) in [5, 5.41) is 3.87. The third-order valence-corrected chi connectivity index (χ3v) is 5.68. The molecule has 4 rings (SSSR count). The van der Waals surface area contributed by atoms with E-state index < -0.39 is 6.04 Å². The Morgan fingerprint density at radius 2 is 2.00 bits per heavy atom. The van der Waals surface area contributed by atoms with Crippen LogP contribution in [0.1, 0.15) is 22.4 Å². The van der Waals surface area contributed by atoms with E-state index >= 15 is 0 Å². The summed E-state index contributed by atoms with van der Waals surface area (Å²) in [5.74, 6) is 1.27. The largest absolute Gasteiger partial charge is 0.497 e. The Hall–Kier alpha value is -3.23. The molecule has 30 heavy (non-hydrogen) atoms. The first-order chi connectivity index (χ1) is 14.6. The Morgan fingerprint density at radius 1 is 1.20 bits per heavy atom. The monoisotopic (exact) mass is 422 g/mol. The maximum absolute atomic E-state index is 12.6. The van der Waals surface area contributed by atoms with Crippen LogP contribution in [0.15, 0.2) is 60.9 Å². The fourth-order valence-electron chi connectivity index (χ4n) is 3.16. The van der Waals surface area contributed by atoms with Crippen LogP contribution in [0.2, 0.25) is 0 Å². The molecule has 2 aromatic carbocycles. The quantitative estimate of drug-likeness (QED) is 0.471. The summed E-state index contributed by atoms with van der Waals surface area (Å²) in [7, 11) is 3.52. The molecule has 1 atom stereocenters. The molecule has 0 saturated heterocycles. The number of imidazole rings is 1. The lowest BCUT2D eigenvalue weighted by molar-refractivity contribution is -0.126. The van der Waals surface area contributed by atoms with E-state index in [9.17, 15) is 4.79 Å². The second-order valence-corrected chi connectivity index (χ2v) is 7.85. The average molecular weight is 423 g/mol. The first-order valence-corrected chi connectivity index (χ1v) is 10.3. The third-order valence-electron chi connectivity index (χ3n) is 4.67. The Bertz CT molecular complexity index is 1100. The second-order valence-electron chi connectivity index (χ2n) is 6.74. The number of hydrogen-bond donors (Lipinski definition) is 1. The van der Waals surface area contributed by atoms with Crippen LogP contribution in [0.5, 0.6) is 5.75 Å². The fraction of sp³-hybridized carbons (Fsp3) is 0.227. The summed E-state index contributed by atoms with van der Waals surface area (Å²) >= 11 is 1.57. The summed E-state index contributed by atoms with van der Waals surface area (Å²) in [6, 6.07) is 15.1. The fourth-order valence-corrected chi connectivity index (χ4v) is 4.07. The first kappa shape index (κ1) is 20.1. The van der Waals surface area contributed by atoms with Gasteiger partial charge in [-0.15, -0.1) is 11.3 Å². The standard InChI is InChI=1S/C22H22N4O3S/c1-26-12-11-23-22(26)21(15-7-9-16(28-2)10-8-15)25-19(27)13-29-14-20-24-17-5-3-4-6-18(17)30-20/h3-12,21H,13-14H2,1-2H3,(H,25,27). The molecular weight excluding hydrogens is 400 g/mol. The number of benzene rings is 2. The Balaban J connectivity index is 1.41. The molecule has 1 N–H and O–H groups in total. The van der Waals surface area contributed by atoms with Crippen LogP contribution in [-0.2, 0) is 23.2 Å². The minimum atomic E-state index is -0.394. The van der Waals surface area contributed by atoms with Crippen molar-refractivity contribution in [2.75, 3.05) is 13.7 Å².